The Bertz CT molecular complexity index is 1050. The molecule has 1 N–H and O–H groups in total. The number of rotatable bonds is 3. The van der Waals surface area contributed by atoms with Crippen LogP contribution in [0.15, 0.2) is 48.5 Å². The summed E-state index contributed by atoms with van der Waals surface area (Å²) in [5.74, 6) is 0.407. The van der Waals surface area contributed by atoms with Crippen LogP contribution in [0.1, 0.15) is 17.2 Å². The molecule has 2 heterocycles. The first-order chi connectivity index (χ1) is 12.5. The van der Waals surface area contributed by atoms with Crippen LogP contribution in [-0.4, -0.2) is 25.1 Å². The maximum absolute atomic E-state index is 11.1. The summed E-state index contributed by atoms with van der Waals surface area (Å²) in [5.41, 5.74) is 2.08. The second-order valence-electron chi connectivity index (χ2n) is 5.57. The number of nitro benzene ring substituents is 1. The van der Waals surface area contributed by atoms with Crippen LogP contribution in [0, 0.1) is 10.1 Å². The van der Waals surface area contributed by atoms with E-state index in [-0.39, 0.29) is 5.69 Å². The number of hydrogen-bond donors (Lipinski definition) is 1. The quantitative estimate of drug-likeness (QED) is 0.538. The number of nitrogens with zero attached hydrogens (tertiary/aromatic N) is 5. The largest absolute Gasteiger partial charge is 0.323 e. The molecule has 0 bridgehead atoms. The molecule has 1 atom stereocenters. The fourth-order valence-corrected chi connectivity index (χ4v) is 3.29. The molecule has 2 aromatic carbocycles. The molecule has 0 spiro atoms. The predicted octanol–water partition coefficient (Wildman–Crippen LogP) is 3.94. The average molecular weight is 389 g/mol. The van der Waals surface area contributed by atoms with Gasteiger partial charge in [-0.1, -0.05) is 40.4 Å². The molecule has 4 rings (SSSR count). The second kappa shape index (κ2) is 6.40. The zero-order chi connectivity index (χ0) is 18.3. The molecule has 0 saturated heterocycles. The molecule has 0 radical (unpaired) electrons. The van der Waals surface area contributed by atoms with Crippen molar-refractivity contribution < 1.29 is 4.92 Å². The summed E-state index contributed by atoms with van der Waals surface area (Å²) in [7, 11) is 0. The maximum atomic E-state index is 11.1. The number of nitrogens with one attached hydrogen (secondary N) is 1. The van der Waals surface area contributed by atoms with E-state index in [0.29, 0.717) is 27.3 Å². The van der Waals surface area contributed by atoms with Crippen molar-refractivity contribution in [1.29, 1.82) is 0 Å². The molecule has 1 aromatic heterocycles. The highest BCUT2D eigenvalue weighted by molar-refractivity contribution is 6.35. The van der Waals surface area contributed by atoms with Crippen LogP contribution >= 0.6 is 23.2 Å². The standard InChI is InChI=1S/C16H10Cl2N6O2/c17-10-4-5-12(13(18)7-10)14-8-15(23-16(19-14)20-21-22-23)9-2-1-3-11(6-9)24(25)26/h1-8,15H,(H,19,20,22). The Balaban J connectivity index is 1.84. The van der Waals surface area contributed by atoms with Gasteiger partial charge in [0, 0.05) is 28.4 Å². The van der Waals surface area contributed by atoms with Crippen molar-refractivity contribution >= 4 is 40.5 Å². The molecular weight excluding hydrogens is 379 g/mol. The Kier molecular flexibility index (Phi) is 4.06. The molecule has 0 aliphatic carbocycles. The molecule has 1 unspecified atom stereocenters. The van der Waals surface area contributed by atoms with Gasteiger partial charge in [-0.15, -0.1) is 0 Å². The lowest BCUT2D eigenvalue weighted by atomic mass is 10.0. The highest BCUT2D eigenvalue weighted by Gasteiger charge is 2.26. The van der Waals surface area contributed by atoms with E-state index in [1.807, 2.05) is 6.08 Å². The summed E-state index contributed by atoms with van der Waals surface area (Å²) in [6.45, 7) is 0. The molecular formula is C16H10Cl2N6O2. The molecule has 0 fully saturated rings. The average Bonchev–Trinajstić information content (AvgIpc) is 3.09. The number of benzene rings is 2. The van der Waals surface area contributed by atoms with Crippen LogP contribution in [0.5, 0.6) is 0 Å². The van der Waals surface area contributed by atoms with Gasteiger partial charge in [0.05, 0.1) is 9.95 Å². The first-order valence-electron chi connectivity index (χ1n) is 7.49. The first kappa shape index (κ1) is 16.5. The number of tetrazole rings is 1. The highest BCUT2D eigenvalue weighted by Crippen LogP contribution is 2.35. The SMILES string of the molecule is O=[N+]([O-])c1cccc(C2C=C(c3ccc(Cl)cc3Cl)Nc3nnnn32)c1. The lowest BCUT2D eigenvalue weighted by Crippen LogP contribution is -2.20. The third-order valence-electron chi connectivity index (χ3n) is 3.97. The van der Waals surface area contributed by atoms with Gasteiger partial charge in [-0.3, -0.25) is 10.1 Å². The maximum Gasteiger partial charge on any atom is 0.269 e. The van der Waals surface area contributed by atoms with Gasteiger partial charge in [0.25, 0.3) is 5.69 Å². The van der Waals surface area contributed by atoms with Crippen LogP contribution in [-0.2, 0) is 0 Å². The Morgan fingerprint density at radius 3 is 2.81 bits per heavy atom. The minimum Gasteiger partial charge on any atom is -0.323 e. The molecule has 8 nitrogen and oxygen atoms in total. The van der Waals surface area contributed by atoms with Gasteiger partial charge in [0.2, 0.25) is 5.95 Å². The van der Waals surface area contributed by atoms with Gasteiger partial charge in [-0.25, -0.2) is 0 Å². The molecule has 0 amide bonds. The number of anilines is 1. The van der Waals surface area contributed by atoms with Crippen LogP contribution in [0.4, 0.5) is 11.6 Å². The van der Waals surface area contributed by atoms with Gasteiger partial charge < -0.3 is 5.32 Å². The fourth-order valence-electron chi connectivity index (χ4n) is 2.78. The normalized spacial score (nSPS) is 15.8. The van der Waals surface area contributed by atoms with Gasteiger partial charge in [0.1, 0.15) is 6.04 Å². The van der Waals surface area contributed by atoms with Gasteiger partial charge >= 0.3 is 0 Å². The predicted molar refractivity (Wildman–Crippen MR) is 97.1 cm³/mol. The van der Waals surface area contributed by atoms with E-state index in [4.69, 9.17) is 23.2 Å². The third kappa shape index (κ3) is 2.89. The van der Waals surface area contributed by atoms with Crippen molar-refractivity contribution in [1.82, 2.24) is 20.2 Å². The molecule has 1 aliphatic heterocycles. The number of halogens is 2. The topological polar surface area (TPSA) is 98.8 Å². The minimum atomic E-state index is -0.439. The molecule has 130 valence electrons. The molecule has 3 aromatic rings. The zero-order valence-electron chi connectivity index (χ0n) is 13.0. The monoisotopic (exact) mass is 388 g/mol. The van der Waals surface area contributed by atoms with Crippen molar-refractivity contribution in [2.45, 2.75) is 6.04 Å². The summed E-state index contributed by atoms with van der Waals surface area (Å²) in [6.07, 6.45) is 1.86. The van der Waals surface area contributed by atoms with Crippen LogP contribution in [0.2, 0.25) is 10.0 Å². The number of nitro groups is 1. The van der Waals surface area contributed by atoms with E-state index in [1.165, 1.54) is 12.1 Å². The summed E-state index contributed by atoms with van der Waals surface area (Å²) in [6, 6.07) is 11.1. The third-order valence-corrected chi connectivity index (χ3v) is 4.52. The van der Waals surface area contributed by atoms with E-state index in [9.17, 15) is 10.1 Å². The highest BCUT2D eigenvalue weighted by atomic mass is 35.5. The molecule has 26 heavy (non-hydrogen) atoms. The summed E-state index contributed by atoms with van der Waals surface area (Å²) < 4.78 is 1.55. The minimum absolute atomic E-state index is 0.00451. The lowest BCUT2D eigenvalue weighted by Gasteiger charge is -2.23. The van der Waals surface area contributed by atoms with E-state index in [0.717, 1.165) is 5.56 Å². The van der Waals surface area contributed by atoms with Crippen molar-refractivity contribution in [3.63, 3.8) is 0 Å². The smallest absolute Gasteiger partial charge is 0.269 e. The van der Waals surface area contributed by atoms with Crippen molar-refractivity contribution in [2.24, 2.45) is 0 Å². The number of non-ortho nitro benzene ring substituents is 1. The van der Waals surface area contributed by atoms with Crippen LogP contribution in [0.3, 0.4) is 0 Å². The molecule has 10 heteroatoms. The number of aromatic nitrogens is 4. The molecule has 0 saturated carbocycles. The van der Waals surface area contributed by atoms with Gasteiger partial charge in [0.15, 0.2) is 0 Å². The Morgan fingerprint density at radius 2 is 2.04 bits per heavy atom. The number of allylic oxidation sites excluding steroid dienone is 1. The summed E-state index contributed by atoms with van der Waals surface area (Å²) in [5, 5.41) is 26.8. The Hall–Kier alpha value is -2.97. The fraction of sp³-hybridized carbons (Fsp3) is 0.0625. The molecule has 1 aliphatic rings. The van der Waals surface area contributed by atoms with Crippen LogP contribution in [0.25, 0.3) is 5.70 Å². The number of hydrogen-bond acceptors (Lipinski definition) is 6. The Labute approximate surface area is 157 Å². The van der Waals surface area contributed by atoms with E-state index >= 15 is 0 Å². The van der Waals surface area contributed by atoms with Crippen molar-refractivity contribution in [2.75, 3.05) is 5.32 Å². The van der Waals surface area contributed by atoms with Crippen LogP contribution < -0.4 is 5.32 Å². The lowest BCUT2D eigenvalue weighted by molar-refractivity contribution is -0.384. The van der Waals surface area contributed by atoms with E-state index < -0.39 is 11.0 Å². The summed E-state index contributed by atoms with van der Waals surface area (Å²) >= 11 is 12.3. The summed E-state index contributed by atoms with van der Waals surface area (Å²) in [4.78, 5) is 10.7. The first-order valence-corrected chi connectivity index (χ1v) is 8.25. The van der Waals surface area contributed by atoms with Crippen molar-refractivity contribution in [3.05, 3.63) is 79.8 Å². The second-order valence-corrected chi connectivity index (χ2v) is 6.42. The zero-order valence-corrected chi connectivity index (χ0v) is 14.5. The van der Waals surface area contributed by atoms with E-state index in [2.05, 4.69) is 20.8 Å². The van der Waals surface area contributed by atoms with Gasteiger partial charge in [-0.05, 0) is 40.3 Å². The number of fused-ring (bicyclic) bond motifs is 1. The van der Waals surface area contributed by atoms with Gasteiger partial charge in [-0.2, -0.15) is 4.68 Å². The Morgan fingerprint density at radius 1 is 1.19 bits per heavy atom. The van der Waals surface area contributed by atoms with E-state index in [1.54, 1.807) is 35.0 Å². The van der Waals surface area contributed by atoms with Crippen molar-refractivity contribution in [3.8, 4) is 0 Å².